The Hall–Kier alpha value is -0.610. The highest BCUT2D eigenvalue weighted by molar-refractivity contribution is 7.98. The molecule has 0 saturated carbocycles. The molecular formula is C12H9Cl3N2S. The highest BCUT2D eigenvalue weighted by Gasteiger charge is 2.06. The van der Waals surface area contributed by atoms with Gasteiger partial charge in [-0.2, -0.15) is 0 Å². The lowest BCUT2D eigenvalue weighted by Gasteiger charge is -2.07. The predicted molar refractivity (Wildman–Crippen MR) is 79.7 cm³/mol. The van der Waals surface area contributed by atoms with E-state index in [2.05, 4.69) is 4.98 Å². The molecule has 1 aromatic carbocycles. The number of anilines is 1. The average molecular weight is 320 g/mol. The van der Waals surface area contributed by atoms with Gasteiger partial charge in [-0.05, 0) is 29.8 Å². The summed E-state index contributed by atoms with van der Waals surface area (Å²) >= 11 is 19.2. The van der Waals surface area contributed by atoms with Gasteiger partial charge in [0.05, 0.1) is 0 Å². The summed E-state index contributed by atoms with van der Waals surface area (Å²) in [6, 6.07) is 8.94. The first kappa shape index (κ1) is 13.8. The lowest BCUT2D eigenvalue weighted by molar-refractivity contribution is 1.25. The van der Waals surface area contributed by atoms with Gasteiger partial charge in [-0.3, -0.25) is 0 Å². The van der Waals surface area contributed by atoms with Gasteiger partial charge in [-0.15, -0.1) is 11.8 Å². The summed E-state index contributed by atoms with van der Waals surface area (Å²) < 4.78 is 0. The van der Waals surface area contributed by atoms with Crippen LogP contribution in [0.4, 0.5) is 5.69 Å². The Labute approximate surface area is 124 Å². The van der Waals surface area contributed by atoms with E-state index in [4.69, 9.17) is 40.5 Å². The van der Waals surface area contributed by atoms with Gasteiger partial charge in [0.25, 0.3) is 0 Å². The zero-order valence-electron chi connectivity index (χ0n) is 9.16. The molecule has 2 aromatic rings. The second-order valence-corrected chi connectivity index (χ2v) is 5.75. The molecule has 2 nitrogen and oxygen atoms in total. The van der Waals surface area contributed by atoms with Crippen molar-refractivity contribution in [2.45, 2.75) is 10.6 Å². The minimum Gasteiger partial charge on any atom is -0.398 e. The zero-order chi connectivity index (χ0) is 13.1. The number of aromatic nitrogens is 1. The molecule has 18 heavy (non-hydrogen) atoms. The highest BCUT2D eigenvalue weighted by Crippen LogP contribution is 2.32. The van der Waals surface area contributed by atoms with E-state index in [9.17, 15) is 0 Å². The van der Waals surface area contributed by atoms with Crippen LogP contribution in [0, 0.1) is 0 Å². The van der Waals surface area contributed by atoms with E-state index in [-0.39, 0.29) is 0 Å². The number of hydrogen-bond acceptors (Lipinski definition) is 3. The lowest BCUT2D eigenvalue weighted by Crippen LogP contribution is -1.90. The van der Waals surface area contributed by atoms with Crippen LogP contribution in [-0.4, -0.2) is 4.98 Å². The quantitative estimate of drug-likeness (QED) is 0.496. The van der Waals surface area contributed by atoms with Gasteiger partial charge >= 0.3 is 0 Å². The zero-order valence-corrected chi connectivity index (χ0v) is 12.2. The Morgan fingerprint density at radius 1 is 1.11 bits per heavy atom. The standard InChI is InChI=1S/C12H9Cl3N2S/c13-8-2-3-9(16)10(5-8)18-6-7-1-4-11(14)17-12(7)15/h1-5H,6,16H2. The Balaban J connectivity index is 2.13. The summed E-state index contributed by atoms with van der Waals surface area (Å²) in [5.74, 6) is 0.660. The lowest BCUT2D eigenvalue weighted by atomic mass is 10.3. The minimum atomic E-state index is 0.385. The summed E-state index contributed by atoms with van der Waals surface area (Å²) in [6.07, 6.45) is 0. The van der Waals surface area contributed by atoms with E-state index in [1.807, 2.05) is 12.1 Å². The average Bonchev–Trinajstić information content (AvgIpc) is 2.32. The van der Waals surface area contributed by atoms with E-state index < -0.39 is 0 Å². The number of hydrogen-bond donors (Lipinski definition) is 1. The number of thioether (sulfide) groups is 1. The summed E-state index contributed by atoms with van der Waals surface area (Å²) in [7, 11) is 0. The molecule has 0 aliphatic rings. The van der Waals surface area contributed by atoms with Crippen LogP contribution in [0.15, 0.2) is 35.2 Å². The van der Waals surface area contributed by atoms with Crippen LogP contribution in [0.3, 0.4) is 0 Å². The maximum Gasteiger partial charge on any atom is 0.134 e. The highest BCUT2D eigenvalue weighted by atomic mass is 35.5. The van der Waals surface area contributed by atoms with Gasteiger partial charge in [0.2, 0.25) is 0 Å². The third-order valence-electron chi connectivity index (χ3n) is 2.25. The van der Waals surface area contributed by atoms with Gasteiger partial charge in [0, 0.05) is 21.4 Å². The third-order valence-corrected chi connectivity index (χ3v) is 4.14. The number of pyridine rings is 1. The van der Waals surface area contributed by atoms with Crippen molar-refractivity contribution in [2.24, 2.45) is 0 Å². The van der Waals surface area contributed by atoms with Gasteiger partial charge in [-0.25, -0.2) is 4.98 Å². The molecule has 0 aliphatic heterocycles. The molecular weight excluding hydrogens is 311 g/mol. The fourth-order valence-electron chi connectivity index (χ4n) is 1.34. The molecule has 0 amide bonds. The molecule has 6 heteroatoms. The van der Waals surface area contributed by atoms with Crippen LogP contribution in [0.1, 0.15) is 5.56 Å². The smallest absolute Gasteiger partial charge is 0.134 e. The Bertz CT molecular complexity index is 575. The third kappa shape index (κ3) is 3.45. The molecule has 2 N–H and O–H groups in total. The van der Waals surface area contributed by atoms with E-state index in [1.54, 1.807) is 30.0 Å². The van der Waals surface area contributed by atoms with Gasteiger partial charge in [0.15, 0.2) is 0 Å². The number of benzene rings is 1. The summed E-state index contributed by atoms with van der Waals surface area (Å²) in [5, 5.41) is 1.46. The molecule has 0 saturated heterocycles. The van der Waals surface area contributed by atoms with E-state index in [0.29, 0.717) is 26.8 Å². The van der Waals surface area contributed by atoms with Crippen molar-refractivity contribution in [1.82, 2.24) is 4.98 Å². The van der Waals surface area contributed by atoms with Crippen molar-refractivity contribution in [3.8, 4) is 0 Å². The Morgan fingerprint density at radius 2 is 1.89 bits per heavy atom. The Kier molecular flexibility index (Phi) is 4.62. The second-order valence-electron chi connectivity index (χ2n) is 3.55. The normalized spacial score (nSPS) is 10.6. The summed E-state index contributed by atoms with van der Waals surface area (Å²) in [5.41, 5.74) is 7.47. The molecule has 94 valence electrons. The van der Waals surface area contributed by atoms with E-state index in [0.717, 1.165) is 10.5 Å². The molecule has 0 aliphatic carbocycles. The first-order chi connectivity index (χ1) is 8.56. The van der Waals surface area contributed by atoms with Crippen LogP contribution < -0.4 is 5.73 Å². The van der Waals surface area contributed by atoms with Crippen molar-refractivity contribution < 1.29 is 0 Å². The van der Waals surface area contributed by atoms with Crippen LogP contribution >= 0.6 is 46.6 Å². The molecule has 1 heterocycles. The molecule has 0 radical (unpaired) electrons. The summed E-state index contributed by atoms with van der Waals surface area (Å²) in [6.45, 7) is 0. The molecule has 0 unspecified atom stereocenters. The predicted octanol–water partition coefficient (Wildman–Crippen LogP) is 4.92. The topological polar surface area (TPSA) is 38.9 Å². The van der Waals surface area contributed by atoms with Crippen molar-refractivity contribution >= 4 is 52.3 Å². The SMILES string of the molecule is Nc1ccc(Cl)cc1SCc1ccc(Cl)nc1Cl. The number of nitrogens with zero attached hydrogens (tertiary/aromatic N) is 1. The van der Waals surface area contributed by atoms with Crippen LogP contribution in [-0.2, 0) is 5.75 Å². The summed E-state index contributed by atoms with van der Waals surface area (Å²) in [4.78, 5) is 4.91. The minimum absolute atomic E-state index is 0.385. The number of rotatable bonds is 3. The first-order valence-corrected chi connectivity index (χ1v) is 7.17. The van der Waals surface area contributed by atoms with Crippen LogP contribution in [0.2, 0.25) is 15.3 Å². The first-order valence-electron chi connectivity index (χ1n) is 5.05. The Morgan fingerprint density at radius 3 is 2.61 bits per heavy atom. The molecule has 1 aromatic heterocycles. The van der Waals surface area contributed by atoms with Crippen LogP contribution in [0.5, 0.6) is 0 Å². The second kappa shape index (κ2) is 6.02. The fourth-order valence-corrected chi connectivity index (χ4v) is 3.05. The van der Waals surface area contributed by atoms with Gasteiger partial charge in [0.1, 0.15) is 10.3 Å². The largest absolute Gasteiger partial charge is 0.398 e. The molecule has 0 spiro atoms. The maximum absolute atomic E-state index is 6.00. The molecule has 0 bridgehead atoms. The fraction of sp³-hybridized carbons (Fsp3) is 0.0833. The number of nitrogen functional groups attached to an aromatic ring is 1. The molecule has 0 atom stereocenters. The van der Waals surface area contributed by atoms with Gasteiger partial charge in [-0.1, -0.05) is 40.9 Å². The number of nitrogens with two attached hydrogens (primary N) is 1. The van der Waals surface area contributed by atoms with Crippen molar-refractivity contribution in [3.63, 3.8) is 0 Å². The van der Waals surface area contributed by atoms with E-state index in [1.165, 1.54) is 0 Å². The van der Waals surface area contributed by atoms with Crippen molar-refractivity contribution in [2.75, 3.05) is 5.73 Å². The van der Waals surface area contributed by atoms with E-state index >= 15 is 0 Å². The van der Waals surface area contributed by atoms with Crippen LogP contribution in [0.25, 0.3) is 0 Å². The molecule has 0 fully saturated rings. The molecule has 2 rings (SSSR count). The number of halogens is 3. The monoisotopic (exact) mass is 318 g/mol. The van der Waals surface area contributed by atoms with Crippen molar-refractivity contribution in [1.29, 1.82) is 0 Å². The maximum atomic E-state index is 6.00. The van der Waals surface area contributed by atoms with Gasteiger partial charge < -0.3 is 5.73 Å². The van der Waals surface area contributed by atoms with Crippen molar-refractivity contribution in [3.05, 3.63) is 51.2 Å².